The maximum Gasteiger partial charge on any atom is 0.131 e. The summed E-state index contributed by atoms with van der Waals surface area (Å²) < 4.78 is 40.0. The Kier molecular flexibility index (Phi) is 34.5. The van der Waals surface area contributed by atoms with Crippen molar-refractivity contribution in [3.05, 3.63) is 178 Å². The lowest BCUT2D eigenvalue weighted by Gasteiger charge is -2.41. The van der Waals surface area contributed by atoms with Crippen molar-refractivity contribution < 1.29 is 38.7 Å². The third-order valence-electron chi connectivity index (χ3n) is 19.6. The van der Waals surface area contributed by atoms with Crippen LogP contribution in [0.15, 0.2) is 127 Å². The van der Waals surface area contributed by atoms with Gasteiger partial charge in [0.15, 0.2) is 0 Å². The van der Waals surface area contributed by atoms with Gasteiger partial charge in [-0.25, -0.2) is 13.2 Å². The summed E-state index contributed by atoms with van der Waals surface area (Å²) >= 11 is 5.86. The van der Waals surface area contributed by atoms with E-state index in [9.17, 15) is 38.7 Å². The van der Waals surface area contributed by atoms with Crippen molar-refractivity contribution in [2.45, 2.75) is 143 Å². The molecule has 5 heterocycles. The molecule has 0 bridgehead atoms. The summed E-state index contributed by atoms with van der Waals surface area (Å²) in [6.07, 6.45) is -2.85. The zero-order valence-electron chi connectivity index (χ0n) is 59.2. The smallest absolute Gasteiger partial charge is 0.131 e. The Bertz CT molecular complexity index is 2740. The molecule has 530 valence electrons. The molecule has 5 aliphatic rings. The monoisotopic (exact) mass is 1340 g/mol. The second-order valence-corrected chi connectivity index (χ2v) is 28.1. The van der Waals surface area contributed by atoms with Crippen LogP contribution in [0.5, 0.6) is 0 Å². The van der Waals surface area contributed by atoms with Crippen molar-refractivity contribution in [1.29, 1.82) is 0 Å². The molecule has 6 atom stereocenters. The van der Waals surface area contributed by atoms with Gasteiger partial charge in [0.05, 0.1) is 36.1 Å². The number of aliphatic hydroxyl groups is 5. The highest BCUT2D eigenvalue weighted by Crippen LogP contribution is 2.26. The molecule has 0 saturated carbocycles. The maximum absolute atomic E-state index is 13.6. The lowest BCUT2D eigenvalue weighted by atomic mass is 10.0. The van der Waals surface area contributed by atoms with Crippen LogP contribution in [0.2, 0.25) is 5.02 Å². The van der Waals surface area contributed by atoms with Gasteiger partial charge in [-0.05, 0) is 135 Å². The van der Waals surface area contributed by atoms with Gasteiger partial charge >= 0.3 is 0 Å². The number of aliphatic hydroxyl groups excluding tert-OH is 5. The van der Waals surface area contributed by atoms with Gasteiger partial charge in [-0.15, -0.1) is 0 Å². The molecule has 5 aromatic rings. The van der Waals surface area contributed by atoms with Crippen molar-refractivity contribution in [1.82, 2.24) is 49.0 Å². The number of piperazine rings is 5. The highest BCUT2D eigenvalue weighted by molar-refractivity contribution is 6.30. The molecule has 0 radical (unpaired) electrons. The third-order valence-corrected chi connectivity index (χ3v) is 19.8. The van der Waals surface area contributed by atoms with Gasteiger partial charge in [-0.3, -0.25) is 49.0 Å². The SMILES string of the molecule is CC(C)N1CCN(C(C)C(O)c2ccccc2)CC1.CC(C)N1CCN(CC(O)c2c(F)cccc2F)CC1.CC(C)N1CCN(CC(O)c2ccc(Cl)cc2)CC1.CC(C)N1CCN(CC(O)c2ccc(F)cc2)CC1.CC(C)N1CCN(CC(O)c2ccccc2)CC1. The van der Waals surface area contributed by atoms with Gasteiger partial charge in [0.2, 0.25) is 0 Å². The average Bonchev–Trinajstić information content (AvgIpc) is 1.19. The summed E-state index contributed by atoms with van der Waals surface area (Å²) in [4.78, 5) is 23.7. The zero-order valence-corrected chi connectivity index (χ0v) is 59.9. The average molecular weight is 1340 g/mol. The second-order valence-electron chi connectivity index (χ2n) is 27.7. The molecule has 0 aliphatic carbocycles. The number of β-amino-alcohol motifs (C(OH)–C–C–N with tert-alkyl or cyclic N) is 4. The van der Waals surface area contributed by atoms with Crippen LogP contribution in [-0.4, -0.2) is 268 Å². The number of benzene rings is 5. The van der Waals surface area contributed by atoms with E-state index in [0.717, 1.165) is 160 Å². The summed E-state index contributed by atoms with van der Waals surface area (Å²) in [5.41, 5.74) is 3.53. The normalized spacial score (nSPS) is 20.2. The number of hydrogen-bond acceptors (Lipinski definition) is 15. The zero-order chi connectivity index (χ0) is 69.1. The van der Waals surface area contributed by atoms with Crippen molar-refractivity contribution >= 4 is 11.6 Å². The molecule has 5 aromatic carbocycles. The van der Waals surface area contributed by atoms with Crippen LogP contribution in [0, 0.1) is 17.5 Å². The molecular weight excluding hydrogens is 1230 g/mol. The van der Waals surface area contributed by atoms with E-state index in [-0.39, 0.29) is 30.1 Å². The van der Waals surface area contributed by atoms with Gasteiger partial charge in [0.1, 0.15) is 17.5 Å². The Labute approximate surface area is 574 Å². The van der Waals surface area contributed by atoms with Gasteiger partial charge in [0.25, 0.3) is 0 Å². The molecule has 0 amide bonds. The summed E-state index contributed by atoms with van der Waals surface area (Å²) in [5, 5.41) is 51.8. The highest BCUT2D eigenvalue weighted by Gasteiger charge is 2.29. The lowest BCUT2D eigenvalue weighted by Crippen LogP contribution is -2.52. The van der Waals surface area contributed by atoms with Crippen molar-refractivity contribution in [3.63, 3.8) is 0 Å². The molecule has 19 heteroatoms. The van der Waals surface area contributed by atoms with E-state index >= 15 is 0 Å². The molecule has 15 nitrogen and oxygen atoms in total. The van der Waals surface area contributed by atoms with Crippen LogP contribution in [-0.2, 0) is 0 Å². The van der Waals surface area contributed by atoms with E-state index in [0.29, 0.717) is 48.3 Å². The number of nitrogens with zero attached hydrogens (tertiary/aromatic N) is 10. The van der Waals surface area contributed by atoms with Gasteiger partial charge in [-0.2, -0.15) is 0 Å². The Hall–Kier alpha value is -4.42. The summed E-state index contributed by atoms with van der Waals surface area (Å²) in [6.45, 7) is 47.0. The minimum atomic E-state index is -1.12. The van der Waals surface area contributed by atoms with E-state index in [4.69, 9.17) is 11.6 Å². The van der Waals surface area contributed by atoms with Crippen molar-refractivity contribution in [2.75, 3.05) is 157 Å². The van der Waals surface area contributed by atoms with Crippen LogP contribution in [0.1, 0.15) is 134 Å². The minimum absolute atomic E-state index is 0.178. The number of halogens is 4. The minimum Gasteiger partial charge on any atom is -0.387 e. The van der Waals surface area contributed by atoms with E-state index in [1.54, 1.807) is 12.1 Å². The molecule has 95 heavy (non-hydrogen) atoms. The quantitative estimate of drug-likeness (QED) is 0.0506. The molecule has 5 saturated heterocycles. The van der Waals surface area contributed by atoms with E-state index in [1.807, 2.05) is 84.9 Å². The predicted molar refractivity (Wildman–Crippen MR) is 382 cm³/mol. The summed E-state index contributed by atoms with van der Waals surface area (Å²) in [5.74, 6) is -1.63. The van der Waals surface area contributed by atoms with E-state index in [1.165, 1.54) is 30.3 Å². The molecule has 10 rings (SSSR count). The lowest BCUT2D eigenvalue weighted by molar-refractivity contribution is 0.0194. The first-order chi connectivity index (χ1) is 45.4. The topological polar surface area (TPSA) is 134 Å². The standard InChI is InChI=1S/C16H26N2O.C15H23ClN2O.C15H22F2N2O.C15H23FN2O.C15H24N2O/c1-13(2)17-9-11-18(12-10-17)14(3)16(19)15-7-5-4-6-8-15;1-12(2)18-9-7-17(8-10-18)11-15(19)13-3-5-14(16)6-4-13;1-11(2)19-8-6-18(7-9-19)10-14(20)15-12(16)4-3-5-13(15)17;1-12(2)18-9-7-17(8-10-18)11-15(19)13-3-5-14(16)6-4-13;1-13(2)17-10-8-16(9-11-17)12-15(18)14-6-4-3-5-7-14/h4-8,13-14,16,19H,9-12H2,1-3H3;3-6,12,15,19H,7-11H2,1-2H3;3-5,11,14,20H,6-10H2,1-2H3;3-6,12,15,19H,7-11H2,1-2H3;3-7,13,15,18H,8-12H2,1-2H3. The van der Waals surface area contributed by atoms with Crippen LogP contribution >= 0.6 is 11.6 Å². The third kappa shape index (κ3) is 27.0. The Morgan fingerprint density at radius 2 is 0.568 bits per heavy atom. The predicted octanol–water partition coefficient (Wildman–Crippen LogP) is 10.2. The first-order valence-electron chi connectivity index (χ1n) is 35.2. The Morgan fingerprint density at radius 1 is 0.305 bits per heavy atom. The highest BCUT2D eigenvalue weighted by atomic mass is 35.5. The molecule has 5 aliphatic heterocycles. The van der Waals surface area contributed by atoms with Crippen LogP contribution < -0.4 is 0 Å². The second kappa shape index (κ2) is 41.2. The maximum atomic E-state index is 13.6. The van der Waals surface area contributed by atoms with Gasteiger partial charge in [0, 0.05) is 198 Å². The molecular formula is C76H118ClF3N10O5. The van der Waals surface area contributed by atoms with E-state index in [2.05, 4.69) is 125 Å². The van der Waals surface area contributed by atoms with Crippen molar-refractivity contribution in [3.8, 4) is 0 Å². The molecule has 5 fully saturated rings. The molecule has 0 spiro atoms. The fourth-order valence-corrected chi connectivity index (χ4v) is 13.0. The first-order valence-corrected chi connectivity index (χ1v) is 35.5. The fourth-order valence-electron chi connectivity index (χ4n) is 12.9. The van der Waals surface area contributed by atoms with Gasteiger partial charge in [-0.1, -0.05) is 103 Å². The van der Waals surface area contributed by atoms with E-state index < -0.39 is 36.1 Å². The largest absolute Gasteiger partial charge is 0.387 e. The molecule has 6 unspecified atom stereocenters. The molecule has 0 aromatic heterocycles. The van der Waals surface area contributed by atoms with Crippen LogP contribution in [0.25, 0.3) is 0 Å². The van der Waals surface area contributed by atoms with Crippen molar-refractivity contribution in [2.24, 2.45) is 0 Å². The first kappa shape index (κ1) is 79.6. The summed E-state index contributed by atoms with van der Waals surface area (Å²) in [7, 11) is 0. The Morgan fingerprint density at radius 3 is 0.884 bits per heavy atom. The fraction of sp³-hybridized carbons (Fsp3) is 0.605. The number of hydrogen-bond donors (Lipinski definition) is 5. The number of rotatable bonds is 20. The molecule has 5 N–H and O–H groups in total. The Balaban J connectivity index is 0.000000188. The van der Waals surface area contributed by atoms with Gasteiger partial charge < -0.3 is 25.5 Å². The van der Waals surface area contributed by atoms with Crippen LogP contribution in [0.3, 0.4) is 0 Å². The summed E-state index contributed by atoms with van der Waals surface area (Å²) in [6, 6.07) is 40.3. The van der Waals surface area contributed by atoms with Crippen LogP contribution in [0.4, 0.5) is 13.2 Å².